The lowest BCUT2D eigenvalue weighted by atomic mass is 10.0. The van der Waals surface area contributed by atoms with E-state index in [0.29, 0.717) is 42.4 Å². The van der Waals surface area contributed by atoms with E-state index in [0.717, 1.165) is 38.7 Å². The quantitative estimate of drug-likeness (QED) is 0.305. The normalized spacial score (nSPS) is 15.5. The average Bonchev–Trinajstić information content (AvgIpc) is 3.76. The number of benzene rings is 2. The molecule has 40 heavy (non-hydrogen) atoms. The molecule has 0 radical (unpaired) electrons. The first-order valence-corrected chi connectivity index (χ1v) is 13.7. The van der Waals surface area contributed by atoms with Crippen molar-refractivity contribution < 1.29 is 9.18 Å². The molecule has 0 saturated carbocycles. The van der Waals surface area contributed by atoms with Gasteiger partial charge in [-0.05, 0) is 62.1 Å². The molecule has 1 unspecified atom stereocenters. The number of carbonyl (C=O) groups is 1. The van der Waals surface area contributed by atoms with Crippen molar-refractivity contribution in [3.8, 4) is 11.6 Å². The van der Waals surface area contributed by atoms with Crippen LogP contribution < -0.4 is 0 Å². The molecule has 1 saturated heterocycles. The summed E-state index contributed by atoms with van der Waals surface area (Å²) >= 11 is 3.37. The van der Waals surface area contributed by atoms with Gasteiger partial charge in [-0.25, -0.2) is 19.0 Å². The van der Waals surface area contributed by atoms with Crippen molar-refractivity contribution in [1.29, 1.82) is 0 Å². The van der Waals surface area contributed by atoms with E-state index in [2.05, 4.69) is 46.3 Å². The monoisotopic (exact) mass is 599 g/mol. The summed E-state index contributed by atoms with van der Waals surface area (Å²) in [5.41, 5.74) is 4.78. The summed E-state index contributed by atoms with van der Waals surface area (Å²) in [4.78, 5) is 27.8. The summed E-state index contributed by atoms with van der Waals surface area (Å²) in [6.45, 7) is 3.15. The van der Waals surface area contributed by atoms with Crippen LogP contribution in [0.5, 0.6) is 0 Å². The number of hydrogen-bond acceptors (Lipinski definition) is 6. The number of hydrogen-bond donors (Lipinski definition) is 1. The van der Waals surface area contributed by atoms with E-state index >= 15 is 0 Å². The average molecular weight is 600 g/mol. The van der Waals surface area contributed by atoms with Crippen molar-refractivity contribution in [2.45, 2.75) is 19.8 Å². The van der Waals surface area contributed by atoms with Gasteiger partial charge in [-0.2, -0.15) is 9.78 Å². The maximum absolute atomic E-state index is 14.3. The minimum absolute atomic E-state index is 0.0624. The molecule has 10 nitrogen and oxygen atoms in total. The maximum Gasteiger partial charge on any atom is 0.255 e. The Labute approximate surface area is 236 Å². The second-order valence-electron chi connectivity index (χ2n) is 10.0. The van der Waals surface area contributed by atoms with Gasteiger partial charge < -0.3 is 9.88 Å². The van der Waals surface area contributed by atoms with Crippen LogP contribution in [0, 0.1) is 18.7 Å². The number of likely N-dealkylation sites (tertiary alicyclic amines) is 1. The van der Waals surface area contributed by atoms with Crippen LogP contribution in [-0.2, 0) is 6.42 Å². The van der Waals surface area contributed by atoms with Gasteiger partial charge in [0.05, 0.1) is 34.2 Å². The van der Waals surface area contributed by atoms with Crippen LogP contribution in [0.15, 0.2) is 65.4 Å². The van der Waals surface area contributed by atoms with Crippen LogP contribution >= 0.6 is 15.9 Å². The molecule has 1 N–H and O–H groups in total. The van der Waals surface area contributed by atoms with Crippen molar-refractivity contribution in [1.82, 2.24) is 44.6 Å². The van der Waals surface area contributed by atoms with Crippen LogP contribution in [0.25, 0.3) is 33.7 Å². The zero-order valence-electron chi connectivity index (χ0n) is 21.4. The number of nitrogens with one attached hydrogen (secondary N) is 1. The third kappa shape index (κ3) is 4.34. The highest BCUT2D eigenvalue weighted by Crippen LogP contribution is 2.26. The topological polar surface area (TPSA) is 110 Å². The number of halogens is 2. The SMILES string of the molecule is Cc1nn(-c2nc3ccccc3[nH]2)c2ncc(C(=O)N3CCC(Cc4cn(-c5cc(Br)ccc5F)nn4)C3)cc12. The Morgan fingerprint density at radius 3 is 2.95 bits per heavy atom. The Morgan fingerprint density at radius 2 is 2.08 bits per heavy atom. The molecule has 0 bridgehead atoms. The van der Waals surface area contributed by atoms with Gasteiger partial charge in [-0.15, -0.1) is 5.10 Å². The molecule has 0 spiro atoms. The first-order chi connectivity index (χ1) is 19.4. The lowest BCUT2D eigenvalue weighted by Gasteiger charge is -2.16. The van der Waals surface area contributed by atoms with E-state index in [1.807, 2.05) is 42.2 Å². The molecule has 0 aliphatic carbocycles. The number of pyridine rings is 1. The van der Waals surface area contributed by atoms with Gasteiger partial charge in [0.15, 0.2) is 5.65 Å². The molecular formula is C28H23BrFN9O. The van der Waals surface area contributed by atoms with E-state index in [9.17, 15) is 9.18 Å². The highest BCUT2D eigenvalue weighted by Gasteiger charge is 2.29. The summed E-state index contributed by atoms with van der Waals surface area (Å²) in [6.07, 6.45) is 4.86. The molecule has 1 aliphatic rings. The smallest absolute Gasteiger partial charge is 0.255 e. The molecule has 1 aliphatic heterocycles. The van der Waals surface area contributed by atoms with E-state index < -0.39 is 0 Å². The van der Waals surface area contributed by atoms with E-state index in [4.69, 9.17) is 0 Å². The number of aryl methyl sites for hydroxylation is 1. The number of aromatic amines is 1. The van der Waals surface area contributed by atoms with E-state index in [1.165, 1.54) is 10.7 Å². The van der Waals surface area contributed by atoms with Crippen LogP contribution in [0.3, 0.4) is 0 Å². The standard InChI is InChI=1S/C28H23BrFN9O/c1-16-21-11-18(13-31-26(21)39(35-16)28-32-23-4-2-3-5-24(23)33-28)27(40)37-9-8-17(14-37)10-20-15-38(36-34-20)25-12-19(29)6-7-22(25)30/h2-7,11-13,15,17H,8-10,14H2,1H3,(H,32,33). The molecule has 1 atom stereocenters. The van der Waals surface area contributed by atoms with E-state index in [1.54, 1.807) is 29.2 Å². The van der Waals surface area contributed by atoms with Gasteiger partial charge in [0.1, 0.15) is 11.5 Å². The second kappa shape index (κ2) is 9.63. The molecule has 5 heterocycles. The molecular weight excluding hydrogens is 577 g/mol. The van der Waals surface area contributed by atoms with Crippen molar-refractivity contribution in [2.75, 3.05) is 13.1 Å². The summed E-state index contributed by atoms with van der Waals surface area (Å²) in [5, 5.41) is 13.8. The fourth-order valence-corrected chi connectivity index (χ4v) is 5.63. The van der Waals surface area contributed by atoms with Gasteiger partial charge in [-0.3, -0.25) is 4.79 Å². The Morgan fingerprint density at radius 1 is 1.20 bits per heavy atom. The van der Waals surface area contributed by atoms with Gasteiger partial charge >= 0.3 is 0 Å². The molecule has 1 fully saturated rings. The Kier molecular flexibility index (Phi) is 5.92. The molecule has 7 rings (SSSR count). The number of carbonyl (C=O) groups excluding carboxylic acids is 1. The Bertz CT molecular complexity index is 1880. The Hall–Kier alpha value is -4.45. The van der Waals surface area contributed by atoms with Gasteiger partial charge in [0.25, 0.3) is 5.91 Å². The summed E-state index contributed by atoms with van der Waals surface area (Å²) in [7, 11) is 0. The fourth-order valence-electron chi connectivity index (χ4n) is 5.28. The molecule has 6 aromatic rings. The van der Waals surface area contributed by atoms with Crippen molar-refractivity contribution >= 4 is 43.9 Å². The zero-order valence-corrected chi connectivity index (χ0v) is 23.0. The number of nitrogens with zero attached hydrogens (tertiary/aromatic N) is 8. The highest BCUT2D eigenvalue weighted by molar-refractivity contribution is 9.10. The largest absolute Gasteiger partial charge is 0.338 e. The molecule has 4 aromatic heterocycles. The summed E-state index contributed by atoms with van der Waals surface area (Å²) in [5.74, 6) is 0.373. The lowest BCUT2D eigenvalue weighted by Crippen LogP contribution is -2.29. The van der Waals surface area contributed by atoms with Crippen LogP contribution in [0.4, 0.5) is 4.39 Å². The Balaban J connectivity index is 1.07. The van der Waals surface area contributed by atoms with Crippen molar-refractivity contribution in [3.63, 3.8) is 0 Å². The van der Waals surface area contributed by atoms with Crippen LogP contribution in [-0.4, -0.2) is 63.6 Å². The van der Waals surface area contributed by atoms with Gasteiger partial charge in [0.2, 0.25) is 5.95 Å². The number of H-pyrrole nitrogens is 1. The van der Waals surface area contributed by atoms with Crippen LogP contribution in [0.1, 0.15) is 28.2 Å². The van der Waals surface area contributed by atoms with Crippen molar-refractivity contribution in [3.05, 3.63) is 88.2 Å². The first-order valence-electron chi connectivity index (χ1n) is 12.9. The van der Waals surface area contributed by atoms with Gasteiger partial charge in [-0.1, -0.05) is 33.3 Å². The number of para-hydroxylation sites is 2. The predicted molar refractivity (Wildman–Crippen MR) is 150 cm³/mol. The second-order valence-corrected chi connectivity index (χ2v) is 10.9. The number of rotatable bonds is 5. The van der Waals surface area contributed by atoms with Crippen LogP contribution in [0.2, 0.25) is 0 Å². The molecule has 1 amide bonds. The third-order valence-electron chi connectivity index (χ3n) is 7.30. The minimum Gasteiger partial charge on any atom is -0.338 e. The lowest BCUT2D eigenvalue weighted by molar-refractivity contribution is 0.0787. The summed E-state index contributed by atoms with van der Waals surface area (Å²) < 4.78 is 18.1. The highest BCUT2D eigenvalue weighted by atomic mass is 79.9. The zero-order chi connectivity index (χ0) is 27.4. The number of imidazole rings is 1. The molecule has 2 aromatic carbocycles. The van der Waals surface area contributed by atoms with Gasteiger partial charge in [0, 0.05) is 29.1 Å². The number of amides is 1. The van der Waals surface area contributed by atoms with E-state index in [-0.39, 0.29) is 17.6 Å². The summed E-state index contributed by atoms with van der Waals surface area (Å²) in [6, 6.07) is 14.3. The first kappa shape index (κ1) is 24.6. The maximum atomic E-state index is 14.3. The minimum atomic E-state index is -0.374. The molecule has 12 heteroatoms. The fraction of sp³-hybridized carbons (Fsp3) is 0.214. The number of aromatic nitrogens is 8. The predicted octanol–water partition coefficient (Wildman–Crippen LogP) is 4.79. The third-order valence-corrected chi connectivity index (χ3v) is 7.79. The number of fused-ring (bicyclic) bond motifs is 2. The van der Waals surface area contributed by atoms with Crippen molar-refractivity contribution in [2.24, 2.45) is 5.92 Å². The molecule has 200 valence electrons.